The van der Waals surface area contributed by atoms with E-state index < -0.39 is 17.8 Å². The number of rotatable bonds is 5. The second-order valence-corrected chi connectivity index (χ2v) is 9.42. The van der Waals surface area contributed by atoms with E-state index >= 15 is 0 Å². The molecule has 0 unspecified atom stereocenters. The summed E-state index contributed by atoms with van der Waals surface area (Å²) >= 11 is 0. The third kappa shape index (κ3) is 4.52. The summed E-state index contributed by atoms with van der Waals surface area (Å²) in [7, 11) is 1.33. The van der Waals surface area contributed by atoms with Gasteiger partial charge in [0.2, 0.25) is 0 Å². The Morgan fingerprint density at radius 3 is 2.59 bits per heavy atom. The zero-order valence-corrected chi connectivity index (χ0v) is 20.7. The van der Waals surface area contributed by atoms with Gasteiger partial charge in [0.15, 0.2) is 0 Å². The summed E-state index contributed by atoms with van der Waals surface area (Å²) in [6, 6.07) is 6.39. The minimum Gasteiger partial charge on any atom is -0.496 e. The van der Waals surface area contributed by atoms with Crippen LogP contribution < -0.4 is 10.3 Å². The smallest absolute Gasteiger partial charge is 0.416 e. The highest BCUT2D eigenvalue weighted by Crippen LogP contribution is 2.41. The second-order valence-electron chi connectivity index (χ2n) is 9.42. The Hall–Kier alpha value is -3.60. The van der Waals surface area contributed by atoms with E-state index in [0.717, 1.165) is 17.8 Å². The van der Waals surface area contributed by atoms with E-state index in [1.807, 2.05) is 13.8 Å². The molecule has 0 bridgehead atoms. The number of amides is 1. The number of methoxy groups -OCH3 is 1. The van der Waals surface area contributed by atoms with E-state index in [1.165, 1.54) is 17.7 Å². The van der Waals surface area contributed by atoms with Gasteiger partial charge in [-0.1, -0.05) is 6.07 Å². The van der Waals surface area contributed by atoms with Crippen LogP contribution >= 0.6 is 0 Å². The first-order valence-corrected chi connectivity index (χ1v) is 12.0. The lowest BCUT2D eigenvalue weighted by Crippen LogP contribution is -2.52. The molecule has 3 atom stereocenters. The SMILES string of the molecule is COc1cc(C(F)(F)F)ccc1[C@H]1CC[C@@H]([C@H](C)N2CCn3c(ccc(-n4cnc(C)c4)c3=O)C2=O)O1. The summed E-state index contributed by atoms with van der Waals surface area (Å²) in [5, 5.41) is 0. The van der Waals surface area contributed by atoms with Crippen LogP contribution in [0.3, 0.4) is 0 Å². The molecule has 11 heteroatoms. The molecule has 8 nitrogen and oxygen atoms in total. The van der Waals surface area contributed by atoms with Gasteiger partial charge in [0.1, 0.15) is 17.1 Å². The molecule has 0 saturated carbocycles. The highest BCUT2D eigenvalue weighted by molar-refractivity contribution is 5.93. The Morgan fingerprint density at radius 2 is 1.92 bits per heavy atom. The fourth-order valence-corrected chi connectivity index (χ4v) is 5.17. The third-order valence-corrected chi connectivity index (χ3v) is 7.18. The van der Waals surface area contributed by atoms with Gasteiger partial charge in [-0.15, -0.1) is 0 Å². The molecule has 0 aliphatic carbocycles. The highest BCUT2D eigenvalue weighted by atomic mass is 19.4. The molecule has 1 fully saturated rings. The summed E-state index contributed by atoms with van der Waals surface area (Å²) in [6.45, 7) is 4.41. The van der Waals surface area contributed by atoms with Crippen LogP contribution in [-0.2, 0) is 17.5 Å². The first-order chi connectivity index (χ1) is 17.6. The lowest BCUT2D eigenvalue weighted by atomic mass is 10.0. The van der Waals surface area contributed by atoms with Crippen molar-refractivity contribution < 1.29 is 27.4 Å². The summed E-state index contributed by atoms with van der Waals surface area (Å²) < 4.78 is 53.9. The quantitative estimate of drug-likeness (QED) is 0.510. The number of hydrogen-bond donors (Lipinski definition) is 0. The largest absolute Gasteiger partial charge is 0.496 e. The van der Waals surface area contributed by atoms with Gasteiger partial charge in [-0.3, -0.25) is 9.59 Å². The molecule has 2 aliphatic rings. The van der Waals surface area contributed by atoms with E-state index in [9.17, 15) is 22.8 Å². The van der Waals surface area contributed by atoms with Gasteiger partial charge in [-0.2, -0.15) is 13.2 Å². The topological polar surface area (TPSA) is 78.6 Å². The van der Waals surface area contributed by atoms with E-state index in [2.05, 4.69) is 4.98 Å². The van der Waals surface area contributed by atoms with Gasteiger partial charge in [0.05, 0.1) is 42.9 Å². The number of ether oxygens (including phenoxy) is 2. The number of aryl methyl sites for hydroxylation is 1. The number of pyridine rings is 1. The van der Waals surface area contributed by atoms with Gasteiger partial charge in [0, 0.05) is 24.8 Å². The van der Waals surface area contributed by atoms with Crippen molar-refractivity contribution in [3.8, 4) is 11.4 Å². The van der Waals surface area contributed by atoms with Crippen molar-refractivity contribution in [2.75, 3.05) is 13.7 Å². The summed E-state index contributed by atoms with van der Waals surface area (Å²) in [5.74, 6) is -0.136. The number of nitrogens with zero attached hydrogens (tertiary/aromatic N) is 4. The van der Waals surface area contributed by atoms with Crippen LogP contribution in [0.2, 0.25) is 0 Å². The van der Waals surface area contributed by atoms with Crippen molar-refractivity contribution in [2.24, 2.45) is 0 Å². The van der Waals surface area contributed by atoms with Crippen LogP contribution in [0.1, 0.15) is 53.2 Å². The van der Waals surface area contributed by atoms with E-state index in [1.54, 1.807) is 34.1 Å². The highest BCUT2D eigenvalue weighted by Gasteiger charge is 2.39. The van der Waals surface area contributed by atoms with Gasteiger partial charge in [-0.05, 0) is 51.0 Å². The fourth-order valence-electron chi connectivity index (χ4n) is 5.17. The maximum Gasteiger partial charge on any atom is 0.416 e. The van der Waals surface area contributed by atoms with Gasteiger partial charge >= 0.3 is 6.18 Å². The monoisotopic (exact) mass is 516 g/mol. The number of carbonyl (C=O) groups is 1. The molecule has 3 aromatic rings. The standard InChI is InChI=1S/C26H27F3N4O4/c1-15-13-31(14-30-15)19-6-7-20-25(35)32(10-11-33(20)24(19)34)16(2)21-8-9-22(37-21)18-5-4-17(26(27,28)29)12-23(18)36-3/h4-7,12-14,16,21-22H,8-11H2,1-3H3/t16-,21-,22+/m0/s1. The molecule has 1 saturated heterocycles. The Bertz CT molecular complexity index is 1400. The average molecular weight is 517 g/mol. The first-order valence-electron chi connectivity index (χ1n) is 12.0. The van der Waals surface area contributed by atoms with Crippen molar-refractivity contribution >= 4 is 5.91 Å². The Balaban J connectivity index is 1.33. The molecule has 196 valence electrons. The van der Waals surface area contributed by atoms with Gasteiger partial charge < -0.3 is 23.5 Å². The number of fused-ring (bicyclic) bond motifs is 1. The van der Waals surface area contributed by atoms with Crippen LogP contribution in [-0.4, -0.2) is 50.7 Å². The molecule has 1 amide bonds. The van der Waals surface area contributed by atoms with Crippen LogP contribution in [0.5, 0.6) is 5.75 Å². The maximum absolute atomic E-state index is 13.4. The van der Waals surface area contributed by atoms with Crippen molar-refractivity contribution in [3.05, 3.63) is 75.7 Å². The zero-order valence-electron chi connectivity index (χ0n) is 20.7. The van der Waals surface area contributed by atoms with Crippen LogP contribution in [0.25, 0.3) is 5.69 Å². The first kappa shape index (κ1) is 25.1. The maximum atomic E-state index is 13.4. The fraction of sp³-hybridized carbons (Fsp3) is 0.423. The minimum absolute atomic E-state index is 0.124. The molecule has 5 rings (SSSR count). The van der Waals surface area contributed by atoms with Crippen molar-refractivity contribution in [1.82, 2.24) is 19.0 Å². The van der Waals surface area contributed by atoms with Gasteiger partial charge in [-0.25, -0.2) is 4.98 Å². The Labute approximate surface area is 211 Å². The number of benzene rings is 1. The molecule has 1 aromatic carbocycles. The molecule has 37 heavy (non-hydrogen) atoms. The number of aromatic nitrogens is 3. The lowest BCUT2D eigenvalue weighted by molar-refractivity contribution is -0.137. The number of halogens is 3. The summed E-state index contributed by atoms with van der Waals surface area (Å²) in [6.07, 6.45) is -0.688. The molecule has 0 N–H and O–H groups in total. The van der Waals surface area contributed by atoms with Crippen LogP contribution in [0.15, 0.2) is 47.7 Å². The Morgan fingerprint density at radius 1 is 1.14 bits per heavy atom. The van der Waals surface area contributed by atoms with Crippen LogP contribution in [0.4, 0.5) is 13.2 Å². The number of hydrogen-bond acceptors (Lipinski definition) is 5. The van der Waals surface area contributed by atoms with Gasteiger partial charge in [0.25, 0.3) is 11.5 Å². The minimum atomic E-state index is -4.47. The molecule has 0 spiro atoms. The van der Waals surface area contributed by atoms with Crippen LogP contribution in [0, 0.1) is 6.92 Å². The molecule has 0 radical (unpaired) electrons. The molecule has 4 heterocycles. The van der Waals surface area contributed by atoms with E-state index in [4.69, 9.17) is 9.47 Å². The zero-order chi connectivity index (χ0) is 26.5. The molecule has 2 aromatic heterocycles. The predicted octanol–water partition coefficient (Wildman–Crippen LogP) is 4.13. The number of alkyl halides is 3. The van der Waals surface area contributed by atoms with Crippen molar-refractivity contribution in [1.29, 1.82) is 0 Å². The van der Waals surface area contributed by atoms with E-state index in [-0.39, 0.29) is 29.4 Å². The average Bonchev–Trinajstić information content (AvgIpc) is 3.53. The second kappa shape index (κ2) is 9.37. The predicted molar refractivity (Wildman–Crippen MR) is 128 cm³/mol. The molecular formula is C26H27F3N4O4. The van der Waals surface area contributed by atoms with E-state index in [0.29, 0.717) is 42.9 Å². The summed E-state index contributed by atoms with van der Waals surface area (Å²) in [5.41, 5.74) is 1.02. The third-order valence-electron chi connectivity index (χ3n) is 7.18. The normalized spacial score (nSPS) is 20.7. The summed E-state index contributed by atoms with van der Waals surface area (Å²) in [4.78, 5) is 32.3. The molecular weight excluding hydrogens is 489 g/mol. The Kier molecular flexibility index (Phi) is 6.35. The molecule has 2 aliphatic heterocycles. The van der Waals surface area contributed by atoms with Crippen molar-refractivity contribution in [3.63, 3.8) is 0 Å². The number of carbonyl (C=O) groups excluding carboxylic acids is 1. The van der Waals surface area contributed by atoms with Crippen molar-refractivity contribution in [2.45, 2.75) is 57.7 Å². The lowest BCUT2D eigenvalue weighted by Gasteiger charge is -2.37. The number of imidazole rings is 1.